The zero-order chi connectivity index (χ0) is 17.2. The molecule has 0 radical (unpaired) electrons. The molecular formula is C16H25N3O3S. The van der Waals surface area contributed by atoms with Crippen LogP contribution in [0.2, 0.25) is 0 Å². The molecule has 1 fully saturated rings. The van der Waals surface area contributed by atoms with Crippen LogP contribution in [-0.2, 0) is 15.5 Å². The van der Waals surface area contributed by atoms with E-state index in [-0.39, 0.29) is 11.3 Å². The smallest absolute Gasteiger partial charge is 0.410 e. The van der Waals surface area contributed by atoms with E-state index in [0.717, 1.165) is 24.2 Å². The predicted octanol–water partition coefficient (Wildman–Crippen LogP) is 2.60. The monoisotopic (exact) mass is 339 g/mol. The second-order valence-corrected chi connectivity index (χ2v) is 8.55. The zero-order valence-electron chi connectivity index (χ0n) is 14.5. The molecule has 1 aliphatic rings. The molecule has 2 heterocycles. The third-order valence-electron chi connectivity index (χ3n) is 3.47. The first kappa shape index (κ1) is 17.8. The molecule has 1 aromatic rings. The molecule has 128 valence electrons. The number of aromatic nitrogens is 2. The van der Waals surface area contributed by atoms with E-state index in [1.165, 1.54) is 0 Å². The van der Waals surface area contributed by atoms with Gasteiger partial charge in [0.2, 0.25) is 5.16 Å². The van der Waals surface area contributed by atoms with E-state index in [0.29, 0.717) is 18.2 Å². The lowest BCUT2D eigenvalue weighted by atomic mass is 10.1. The summed E-state index contributed by atoms with van der Waals surface area (Å²) in [5.41, 5.74) is 1.08. The number of amides is 1. The van der Waals surface area contributed by atoms with Gasteiger partial charge in [0.05, 0.1) is 16.0 Å². The van der Waals surface area contributed by atoms with Gasteiger partial charge in [0.1, 0.15) is 5.60 Å². The highest BCUT2D eigenvalue weighted by molar-refractivity contribution is 7.85. The third kappa shape index (κ3) is 4.99. The molecule has 23 heavy (non-hydrogen) atoms. The van der Waals surface area contributed by atoms with Crippen molar-refractivity contribution in [1.82, 2.24) is 14.9 Å². The summed E-state index contributed by atoms with van der Waals surface area (Å²) in [7, 11) is -1.32. The Labute approximate surface area is 140 Å². The summed E-state index contributed by atoms with van der Waals surface area (Å²) < 4.78 is 18.2. The Kier molecular flexibility index (Phi) is 5.39. The van der Waals surface area contributed by atoms with Gasteiger partial charge < -0.3 is 9.64 Å². The fourth-order valence-corrected chi connectivity index (χ4v) is 4.00. The average molecular weight is 339 g/mol. The lowest BCUT2D eigenvalue weighted by Crippen LogP contribution is -2.46. The molecule has 0 spiro atoms. The van der Waals surface area contributed by atoms with Crippen molar-refractivity contribution in [2.45, 2.75) is 63.5 Å². The second-order valence-electron chi connectivity index (χ2n) is 6.92. The number of piperidine rings is 1. The summed E-state index contributed by atoms with van der Waals surface area (Å²) in [6.07, 6.45) is 1.25. The van der Waals surface area contributed by atoms with E-state index in [2.05, 4.69) is 9.97 Å². The Morgan fingerprint density at radius 3 is 2.48 bits per heavy atom. The lowest BCUT2D eigenvalue weighted by Gasteiger charge is -2.33. The average Bonchev–Trinajstić information content (AvgIpc) is 2.44. The van der Waals surface area contributed by atoms with E-state index in [4.69, 9.17) is 4.74 Å². The van der Waals surface area contributed by atoms with Crippen LogP contribution in [0.5, 0.6) is 0 Å². The van der Waals surface area contributed by atoms with E-state index < -0.39 is 16.4 Å². The molecule has 0 N–H and O–H groups in total. The maximum atomic E-state index is 12.8. The Bertz CT molecular complexity index is 593. The van der Waals surface area contributed by atoms with E-state index in [9.17, 15) is 9.00 Å². The second kappa shape index (κ2) is 6.95. The first-order chi connectivity index (χ1) is 10.7. The minimum atomic E-state index is -1.32. The van der Waals surface area contributed by atoms with Crippen molar-refractivity contribution < 1.29 is 13.7 Å². The molecule has 2 atom stereocenters. The van der Waals surface area contributed by atoms with Crippen molar-refractivity contribution in [1.29, 1.82) is 0 Å². The van der Waals surface area contributed by atoms with Crippen molar-refractivity contribution in [2.75, 3.05) is 13.1 Å². The molecule has 1 aliphatic heterocycles. The molecule has 7 heteroatoms. The normalized spacial score (nSPS) is 20.2. The topological polar surface area (TPSA) is 72.4 Å². The first-order valence-corrected chi connectivity index (χ1v) is 9.08. The number of carbonyl (C=O) groups excluding carboxylic acids is 1. The van der Waals surface area contributed by atoms with Gasteiger partial charge >= 0.3 is 6.09 Å². The number of nitrogens with zero attached hydrogens (tertiary/aromatic N) is 3. The Hall–Kier alpha value is -1.50. The number of carbonyl (C=O) groups is 1. The number of hydrogen-bond acceptors (Lipinski definition) is 5. The van der Waals surface area contributed by atoms with Crippen LogP contribution in [0.4, 0.5) is 4.79 Å². The summed E-state index contributed by atoms with van der Waals surface area (Å²) in [5, 5.41) is 0.205. The number of ether oxygens (including phenoxy) is 1. The highest BCUT2D eigenvalue weighted by Gasteiger charge is 2.31. The molecule has 0 saturated carbocycles. The van der Waals surface area contributed by atoms with Gasteiger partial charge in [0.25, 0.3) is 0 Å². The quantitative estimate of drug-likeness (QED) is 0.775. The van der Waals surface area contributed by atoms with E-state index in [1.807, 2.05) is 40.7 Å². The number of rotatable bonds is 2. The molecule has 0 bridgehead atoms. The highest BCUT2D eigenvalue weighted by Crippen LogP contribution is 2.21. The Balaban J connectivity index is 2.08. The van der Waals surface area contributed by atoms with Gasteiger partial charge in [-0.3, -0.25) is 4.21 Å². The molecule has 0 aromatic carbocycles. The van der Waals surface area contributed by atoms with Crippen LogP contribution >= 0.6 is 0 Å². The van der Waals surface area contributed by atoms with Crippen molar-refractivity contribution >= 4 is 16.9 Å². The number of likely N-dealkylation sites (tertiary alicyclic amines) is 1. The molecule has 2 rings (SSSR count). The molecule has 1 aromatic heterocycles. The van der Waals surface area contributed by atoms with E-state index >= 15 is 0 Å². The molecular weight excluding hydrogens is 314 g/mol. The maximum absolute atomic E-state index is 12.8. The maximum Gasteiger partial charge on any atom is 0.410 e. The van der Waals surface area contributed by atoms with Gasteiger partial charge in [-0.15, -0.1) is 0 Å². The van der Waals surface area contributed by atoms with E-state index in [1.54, 1.807) is 4.90 Å². The van der Waals surface area contributed by atoms with Crippen molar-refractivity contribution in [3.63, 3.8) is 0 Å². The standard InChI is InChI=1S/C16H25N3O3S/c1-11-9-12(2)18-14(17-11)23(21)13-7-6-8-19(10-13)15(20)22-16(3,4)5/h9,13H,6-8,10H2,1-5H3/t13-,23+/m0/s1. The fraction of sp³-hybridized carbons (Fsp3) is 0.688. The largest absolute Gasteiger partial charge is 0.444 e. The first-order valence-electron chi connectivity index (χ1n) is 7.86. The minimum Gasteiger partial charge on any atom is -0.444 e. The van der Waals surface area contributed by atoms with Gasteiger partial charge in [-0.05, 0) is 53.5 Å². The number of hydrogen-bond donors (Lipinski definition) is 0. The van der Waals surface area contributed by atoms with Crippen molar-refractivity contribution in [2.24, 2.45) is 0 Å². The lowest BCUT2D eigenvalue weighted by molar-refractivity contribution is 0.0219. The SMILES string of the molecule is Cc1cc(C)nc([S@](=O)[C@H]2CCCN(C(=O)OC(C)(C)C)C2)n1. The summed E-state index contributed by atoms with van der Waals surface area (Å²) in [4.78, 5) is 22.4. The van der Waals surface area contributed by atoms with Crippen LogP contribution in [0, 0.1) is 13.8 Å². The summed E-state index contributed by atoms with van der Waals surface area (Å²) in [6.45, 7) is 10.3. The highest BCUT2D eigenvalue weighted by atomic mass is 32.2. The molecule has 1 amide bonds. The van der Waals surface area contributed by atoms with Crippen LogP contribution < -0.4 is 0 Å². The minimum absolute atomic E-state index is 0.155. The van der Waals surface area contributed by atoms with Crippen LogP contribution in [-0.4, -0.2) is 49.1 Å². The molecule has 1 saturated heterocycles. The number of aryl methyl sites for hydroxylation is 2. The van der Waals surface area contributed by atoms with Crippen LogP contribution in [0.15, 0.2) is 11.2 Å². The van der Waals surface area contributed by atoms with Crippen LogP contribution in [0.1, 0.15) is 45.0 Å². The molecule has 0 unspecified atom stereocenters. The summed E-state index contributed by atoms with van der Waals surface area (Å²) >= 11 is 0. The molecule has 6 nitrogen and oxygen atoms in total. The van der Waals surface area contributed by atoms with Gasteiger partial charge in [-0.2, -0.15) is 0 Å². The van der Waals surface area contributed by atoms with Crippen LogP contribution in [0.25, 0.3) is 0 Å². The van der Waals surface area contributed by atoms with Gasteiger partial charge in [0.15, 0.2) is 0 Å². The fourth-order valence-electron chi connectivity index (χ4n) is 2.54. The van der Waals surface area contributed by atoms with Crippen molar-refractivity contribution in [3.8, 4) is 0 Å². The Morgan fingerprint density at radius 1 is 1.30 bits per heavy atom. The van der Waals surface area contributed by atoms with Crippen molar-refractivity contribution in [3.05, 3.63) is 17.5 Å². The van der Waals surface area contributed by atoms with Gasteiger partial charge in [-0.1, -0.05) is 0 Å². The predicted molar refractivity (Wildman–Crippen MR) is 88.7 cm³/mol. The van der Waals surface area contributed by atoms with Gasteiger partial charge in [0, 0.05) is 24.5 Å². The Morgan fingerprint density at radius 2 is 1.91 bits per heavy atom. The summed E-state index contributed by atoms with van der Waals surface area (Å²) in [5.74, 6) is 0. The third-order valence-corrected chi connectivity index (χ3v) is 5.01. The van der Waals surface area contributed by atoms with Gasteiger partial charge in [-0.25, -0.2) is 14.8 Å². The van der Waals surface area contributed by atoms with Crippen LogP contribution in [0.3, 0.4) is 0 Å². The molecule has 0 aliphatic carbocycles. The zero-order valence-corrected chi connectivity index (χ0v) is 15.3. The summed E-state index contributed by atoms with van der Waals surface area (Å²) in [6, 6.07) is 1.86.